The molecule has 0 radical (unpaired) electrons. The summed E-state index contributed by atoms with van der Waals surface area (Å²) < 4.78 is 7.07. The third-order valence-corrected chi connectivity index (χ3v) is 7.12. The van der Waals surface area contributed by atoms with E-state index in [-0.39, 0.29) is 25.0 Å². The number of carbonyl (C=O) groups is 3. The average molecular weight is 450 g/mol. The van der Waals surface area contributed by atoms with Crippen molar-refractivity contribution < 1.29 is 29.3 Å². The van der Waals surface area contributed by atoms with E-state index in [4.69, 9.17) is 4.74 Å². The third-order valence-electron chi connectivity index (χ3n) is 7.12. The summed E-state index contributed by atoms with van der Waals surface area (Å²) in [6, 6.07) is 11.7. The van der Waals surface area contributed by atoms with Gasteiger partial charge in [0.1, 0.15) is 12.3 Å². The number of urea groups is 1. The van der Waals surface area contributed by atoms with Crippen LogP contribution in [0.1, 0.15) is 28.6 Å². The van der Waals surface area contributed by atoms with Crippen LogP contribution in [0, 0.1) is 5.92 Å². The van der Waals surface area contributed by atoms with Crippen LogP contribution in [0.2, 0.25) is 0 Å². The summed E-state index contributed by atoms with van der Waals surface area (Å²) in [5.74, 6) is -0.525. The van der Waals surface area contributed by atoms with E-state index in [0.29, 0.717) is 23.3 Å². The minimum absolute atomic E-state index is 0.0176. The number of benzene rings is 1. The lowest BCUT2D eigenvalue weighted by atomic mass is 9.90. The number of nitrogens with zero attached hydrogens (tertiary/aromatic N) is 3. The average Bonchev–Trinajstić information content (AvgIpc) is 3.54. The molecule has 4 aliphatic rings. The molecule has 2 saturated heterocycles. The molecule has 3 aliphatic heterocycles. The molecule has 33 heavy (non-hydrogen) atoms. The van der Waals surface area contributed by atoms with Crippen LogP contribution in [-0.4, -0.2) is 67.5 Å². The summed E-state index contributed by atoms with van der Waals surface area (Å²) in [5, 5.41) is 23.4. The zero-order chi connectivity index (χ0) is 22.9. The first-order chi connectivity index (χ1) is 16.0. The molecular weight excluding hydrogens is 428 g/mol. The molecule has 1 aromatic carbocycles. The number of nitrogens with one attached hydrogen (secondary N) is 1. The van der Waals surface area contributed by atoms with Crippen LogP contribution < -0.4 is 5.32 Å². The molecule has 170 valence electrons. The zero-order valence-corrected chi connectivity index (χ0v) is 17.5. The highest BCUT2D eigenvalue weighted by Gasteiger charge is 2.70. The van der Waals surface area contributed by atoms with Crippen LogP contribution in [0.5, 0.6) is 0 Å². The van der Waals surface area contributed by atoms with Crippen LogP contribution in [0.25, 0.3) is 0 Å². The van der Waals surface area contributed by atoms with Gasteiger partial charge in [-0.05, 0) is 35.3 Å². The van der Waals surface area contributed by atoms with Gasteiger partial charge < -0.3 is 29.7 Å². The summed E-state index contributed by atoms with van der Waals surface area (Å²) >= 11 is 0. The van der Waals surface area contributed by atoms with Crippen molar-refractivity contribution in [2.24, 2.45) is 5.92 Å². The number of aliphatic hydroxyl groups excluding tert-OH is 2. The van der Waals surface area contributed by atoms with Gasteiger partial charge in [-0.2, -0.15) is 0 Å². The van der Waals surface area contributed by atoms with E-state index < -0.39 is 36.7 Å². The van der Waals surface area contributed by atoms with Crippen molar-refractivity contribution >= 4 is 18.0 Å². The third kappa shape index (κ3) is 2.53. The van der Waals surface area contributed by atoms with E-state index in [1.165, 1.54) is 0 Å². The van der Waals surface area contributed by atoms with Crippen molar-refractivity contribution in [1.29, 1.82) is 0 Å². The van der Waals surface area contributed by atoms with Crippen molar-refractivity contribution in [3.63, 3.8) is 0 Å². The topological polar surface area (TPSA) is 124 Å². The van der Waals surface area contributed by atoms with Gasteiger partial charge in [0.15, 0.2) is 11.8 Å². The standard InChI is InChI=1S/C23H22N4O6/c28-11-15-17(29)9-14-10-26-19(30)16-7-4-8-25(16)20-23(26,18(14)15)24-21(31)27(20)22(32)33-12-13-5-2-1-3-6-13/h1-8,14,17,20,28-29H,9-12H2,(H,24,31)/t14-,17-,20+,23+/m1/s1. The molecule has 4 amide bonds. The molecule has 2 fully saturated rings. The Morgan fingerprint density at radius 1 is 1.18 bits per heavy atom. The van der Waals surface area contributed by atoms with Crippen molar-refractivity contribution in [1.82, 2.24) is 19.7 Å². The maximum absolute atomic E-state index is 13.4. The van der Waals surface area contributed by atoms with Crippen LogP contribution in [0.15, 0.2) is 59.8 Å². The number of hydrogen-bond donors (Lipinski definition) is 3. The van der Waals surface area contributed by atoms with Gasteiger partial charge in [0.25, 0.3) is 5.91 Å². The van der Waals surface area contributed by atoms with E-state index in [0.717, 1.165) is 10.5 Å². The summed E-state index contributed by atoms with van der Waals surface area (Å²) in [4.78, 5) is 42.4. The molecule has 0 bridgehead atoms. The summed E-state index contributed by atoms with van der Waals surface area (Å²) in [5.41, 5.74) is 0.705. The second kappa shape index (κ2) is 6.93. The molecule has 4 atom stereocenters. The molecule has 4 heterocycles. The number of ether oxygens (including phenoxy) is 1. The molecule has 1 aromatic heterocycles. The first kappa shape index (κ1) is 20.0. The number of aromatic nitrogens is 1. The Balaban J connectivity index is 1.46. The molecule has 1 spiro atoms. The van der Waals surface area contributed by atoms with Crippen molar-refractivity contribution in [3.05, 3.63) is 71.1 Å². The Bertz CT molecular complexity index is 1210. The summed E-state index contributed by atoms with van der Waals surface area (Å²) in [6.45, 7) is -0.157. The van der Waals surface area contributed by atoms with Gasteiger partial charge in [0, 0.05) is 18.7 Å². The number of carbonyl (C=O) groups excluding carboxylic acids is 3. The van der Waals surface area contributed by atoms with E-state index in [2.05, 4.69) is 5.32 Å². The fraction of sp³-hybridized carbons (Fsp3) is 0.348. The van der Waals surface area contributed by atoms with Crippen LogP contribution >= 0.6 is 0 Å². The van der Waals surface area contributed by atoms with Crippen molar-refractivity contribution in [2.45, 2.75) is 31.0 Å². The lowest BCUT2D eigenvalue weighted by Crippen LogP contribution is -2.63. The number of amides is 4. The highest BCUT2D eigenvalue weighted by atomic mass is 16.6. The van der Waals surface area contributed by atoms with E-state index >= 15 is 0 Å². The zero-order valence-electron chi connectivity index (χ0n) is 17.5. The normalized spacial score (nSPS) is 29.6. The molecule has 10 heteroatoms. The Labute approximate surface area is 188 Å². The van der Waals surface area contributed by atoms with Crippen LogP contribution in [-0.2, 0) is 11.3 Å². The number of imide groups is 1. The van der Waals surface area contributed by atoms with E-state index in [1.54, 1.807) is 27.8 Å². The monoisotopic (exact) mass is 450 g/mol. The summed E-state index contributed by atoms with van der Waals surface area (Å²) in [7, 11) is 0. The first-order valence-electron chi connectivity index (χ1n) is 10.8. The molecule has 0 unspecified atom stereocenters. The second-order valence-electron chi connectivity index (χ2n) is 8.74. The predicted molar refractivity (Wildman–Crippen MR) is 112 cm³/mol. The van der Waals surface area contributed by atoms with E-state index in [1.807, 2.05) is 30.3 Å². The molecule has 10 nitrogen and oxygen atoms in total. The molecular formula is C23H22N4O6. The Morgan fingerprint density at radius 3 is 2.73 bits per heavy atom. The minimum atomic E-state index is -1.40. The highest BCUT2D eigenvalue weighted by Crippen LogP contribution is 2.56. The van der Waals surface area contributed by atoms with Crippen molar-refractivity contribution in [3.8, 4) is 0 Å². The minimum Gasteiger partial charge on any atom is -0.444 e. The predicted octanol–water partition coefficient (Wildman–Crippen LogP) is 1.18. The number of rotatable bonds is 3. The Kier molecular flexibility index (Phi) is 4.20. The van der Waals surface area contributed by atoms with Gasteiger partial charge in [0.2, 0.25) is 0 Å². The van der Waals surface area contributed by atoms with Gasteiger partial charge >= 0.3 is 12.1 Å². The Hall–Kier alpha value is -3.63. The quantitative estimate of drug-likeness (QED) is 0.604. The maximum atomic E-state index is 13.4. The molecule has 6 rings (SSSR count). The molecule has 0 saturated carbocycles. The SMILES string of the molecule is O=C1N[C@@]23C4=C(CO)[C@H](O)C[C@@H]4CN2C(=O)c2cccn2[C@H]3N1C(=O)OCc1ccccc1. The smallest absolute Gasteiger partial charge is 0.420 e. The van der Waals surface area contributed by atoms with Gasteiger partial charge in [-0.25, -0.2) is 14.5 Å². The molecule has 1 aliphatic carbocycles. The largest absolute Gasteiger partial charge is 0.444 e. The van der Waals surface area contributed by atoms with Gasteiger partial charge in [-0.1, -0.05) is 30.3 Å². The summed E-state index contributed by atoms with van der Waals surface area (Å²) in [6.07, 6.45) is -0.688. The first-order valence-corrected chi connectivity index (χ1v) is 10.8. The lowest BCUT2D eigenvalue weighted by molar-refractivity contribution is 0.0171. The number of aliphatic hydroxyl groups is 2. The lowest BCUT2D eigenvalue weighted by Gasteiger charge is -2.45. The fourth-order valence-electron chi connectivity index (χ4n) is 5.86. The molecule has 2 aromatic rings. The van der Waals surface area contributed by atoms with E-state index in [9.17, 15) is 24.6 Å². The van der Waals surface area contributed by atoms with Crippen LogP contribution in [0.3, 0.4) is 0 Å². The van der Waals surface area contributed by atoms with Gasteiger partial charge in [-0.15, -0.1) is 0 Å². The fourth-order valence-corrected chi connectivity index (χ4v) is 5.86. The van der Waals surface area contributed by atoms with Crippen molar-refractivity contribution in [2.75, 3.05) is 13.2 Å². The number of fused-ring (bicyclic) bond motifs is 3. The van der Waals surface area contributed by atoms with Gasteiger partial charge in [0.05, 0.1) is 12.7 Å². The number of hydrogen-bond acceptors (Lipinski definition) is 6. The molecule has 3 N–H and O–H groups in total. The van der Waals surface area contributed by atoms with Gasteiger partial charge in [-0.3, -0.25) is 4.79 Å². The maximum Gasteiger partial charge on any atom is 0.420 e. The second-order valence-corrected chi connectivity index (χ2v) is 8.74. The Morgan fingerprint density at radius 2 is 1.97 bits per heavy atom. The highest BCUT2D eigenvalue weighted by molar-refractivity contribution is 6.00. The van der Waals surface area contributed by atoms with Crippen LogP contribution in [0.4, 0.5) is 9.59 Å².